The lowest BCUT2D eigenvalue weighted by Crippen LogP contribution is -1.97. The molecule has 0 saturated heterocycles. The Balaban J connectivity index is 2.77. The van der Waals surface area contributed by atoms with Crippen LogP contribution in [0.15, 0.2) is 4.47 Å². The molecule has 0 aliphatic heterocycles. The van der Waals surface area contributed by atoms with Crippen molar-refractivity contribution in [3.05, 3.63) is 16.4 Å². The average Bonchev–Trinajstić information content (AvgIpc) is 2.32. The van der Waals surface area contributed by atoms with E-state index in [-0.39, 0.29) is 0 Å². The predicted octanol–water partition coefficient (Wildman–Crippen LogP) is 2.42. The van der Waals surface area contributed by atoms with Gasteiger partial charge in [0.25, 0.3) is 0 Å². The lowest BCUT2D eigenvalue weighted by atomic mass is 10.3. The Bertz CT molecular complexity index is 230. The summed E-state index contributed by atoms with van der Waals surface area (Å²) in [6.45, 7) is 5.19. The quantitative estimate of drug-likeness (QED) is 0.758. The second-order valence-electron chi connectivity index (χ2n) is 2.45. The second-order valence-corrected chi connectivity index (χ2v) is 3.24. The number of hydrogen-bond acceptors (Lipinski definition) is 1. The molecular formula is C8H12BrN2. The highest BCUT2D eigenvalue weighted by Gasteiger charge is 2.03. The van der Waals surface area contributed by atoms with E-state index in [1.165, 1.54) is 0 Å². The van der Waals surface area contributed by atoms with Crippen LogP contribution >= 0.6 is 15.9 Å². The number of aromatic nitrogens is 2. The molecule has 3 heteroatoms. The Labute approximate surface area is 75.7 Å². The van der Waals surface area contributed by atoms with Gasteiger partial charge >= 0.3 is 0 Å². The van der Waals surface area contributed by atoms with E-state index in [0.29, 0.717) is 0 Å². The summed E-state index contributed by atoms with van der Waals surface area (Å²) >= 11 is 3.41. The van der Waals surface area contributed by atoms with E-state index >= 15 is 0 Å². The molecule has 0 bridgehead atoms. The highest BCUT2D eigenvalue weighted by atomic mass is 79.9. The summed E-state index contributed by atoms with van der Waals surface area (Å²) < 4.78 is 2.87. The molecule has 0 N–H and O–H groups in total. The summed E-state index contributed by atoms with van der Waals surface area (Å²) in [6.07, 6.45) is 5.19. The molecule has 1 heterocycles. The minimum Gasteiger partial charge on any atom is -0.262 e. The number of aryl methyl sites for hydroxylation is 2. The van der Waals surface area contributed by atoms with Gasteiger partial charge in [-0.15, -0.1) is 0 Å². The van der Waals surface area contributed by atoms with E-state index in [2.05, 4.69) is 41.1 Å². The third kappa shape index (κ3) is 2.06. The van der Waals surface area contributed by atoms with Gasteiger partial charge in [0, 0.05) is 6.54 Å². The maximum Gasteiger partial charge on any atom is 0.102 e. The first-order valence-electron chi connectivity index (χ1n) is 3.92. The van der Waals surface area contributed by atoms with Crippen LogP contribution in [0.1, 0.15) is 26.0 Å². The number of rotatable bonds is 3. The fourth-order valence-electron chi connectivity index (χ4n) is 0.936. The molecular weight excluding hydrogens is 204 g/mol. The molecule has 0 fully saturated rings. The average molecular weight is 216 g/mol. The third-order valence-electron chi connectivity index (χ3n) is 1.49. The Morgan fingerprint density at radius 2 is 2.27 bits per heavy atom. The third-order valence-corrected chi connectivity index (χ3v) is 2.13. The first-order chi connectivity index (χ1) is 5.27. The maximum atomic E-state index is 4.33. The van der Waals surface area contributed by atoms with Crippen LogP contribution in [0, 0.1) is 6.20 Å². The van der Waals surface area contributed by atoms with E-state index in [0.717, 1.165) is 29.6 Å². The zero-order valence-corrected chi connectivity index (χ0v) is 8.48. The smallest absolute Gasteiger partial charge is 0.102 e. The summed E-state index contributed by atoms with van der Waals surface area (Å²) in [7, 11) is 0. The predicted molar refractivity (Wildman–Crippen MR) is 48.4 cm³/mol. The molecule has 0 amide bonds. The topological polar surface area (TPSA) is 17.8 Å². The highest BCUT2D eigenvalue weighted by Crippen LogP contribution is 2.14. The van der Waals surface area contributed by atoms with Gasteiger partial charge in [-0.05, 0) is 28.8 Å². The normalized spacial score (nSPS) is 10.5. The van der Waals surface area contributed by atoms with Crippen molar-refractivity contribution in [1.82, 2.24) is 9.78 Å². The van der Waals surface area contributed by atoms with Gasteiger partial charge in [-0.25, -0.2) is 0 Å². The molecule has 1 aromatic rings. The van der Waals surface area contributed by atoms with Gasteiger partial charge in [0.05, 0.1) is 10.2 Å². The van der Waals surface area contributed by atoms with Gasteiger partial charge in [-0.2, -0.15) is 5.10 Å². The highest BCUT2D eigenvalue weighted by molar-refractivity contribution is 9.10. The number of nitrogens with zero attached hydrogens (tertiary/aromatic N) is 2. The van der Waals surface area contributed by atoms with Crippen molar-refractivity contribution in [2.24, 2.45) is 0 Å². The molecule has 1 radical (unpaired) electrons. The molecule has 2 nitrogen and oxygen atoms in total. The Morgan fingerprint density at radius 3 is 2.73 bits per heavy atom. The summed E-state index contributed by atoms with van der Waals surface area (Å²) in [5, 5.41) is 4.33. The van der Waals surface area contributed by atoms with Crippen molar-refractivity contribution in [3.63, 3.8) is 0 Å². The van der Waals surface area contributed by atoms with Crippen LogP contribution in [0.2, 0.25) is 0 Å². The summed E-state index contributed by atoms with van der Waals surface area (Å²) in [5.41, 5.74) is 1.10. The molecule has 0 spiro atoms. The molecule has 0 aliphatic carbocycles. The Kier molecular flexibility index (Phi) is 3.12. The minimum atomic E-state index is 0.957. The van der Waals surface area contributed by atoms with Gasteiger partial charge in [0.15, 0.2) is 0 Å². The van der Waals surface area contributed by atoms with Crippen LogP contribution in [0.4, 0.5) is 0 Å². The lowest BCUT2D eigenvalue weighted by molar-refractivity contribution is 0.591. The van der Waals surface area contributed by atoms with Crippen molar-refractivity contribution in [3.8, 4) is 0 Å². The van der Waals surface area contributed by atoms with Crippen LogP contribution in [-0.2, 0) is 13.0 Å². The summed E-state index contributed by atoms with van der Waals surface area (Å²) in [5.74, 6) is 0. The first kappa shape index (κ1) is 8.78. The Morgan fingerprint density at radius 1 is 1.55 bits per heavy atom. The van der Waals surface area contributed by atoms with Crippen molar-refractivity contribution in [2.45, 2.75) is 33.2 Å². The second kappa shape index (κ2) is 3.90. The fraction of sp³-hybridized carbons (Fsp3) is 0.625. The molecule has 0 aromatic carbocycles. The zero-order valence-electron chi connectivity index (χ0n) is 6.89. The molecule has 11 heavy (non-hydrogen) atoms. The van der Waals surface area contributed by atoms with E-state index < -0.39 is 0 Å². The van der Waals surface area contributed by atoms with E-state index in [1.54, 1.807) is 0 Å². The van der Waals surface area contributed by atoms with Crippen molar-refractivity contribution in [2.75, 3.05) is 0 Å². The van der Waals surface area contributed by atoms with Gasteiger partial charge in [0.2, 0.25) is 0 Å². The monoisotopic (exact) mass is 215 g/mol. The molecule has 0 aliphatic rings. The standard InChI is InChI=1S/C8H12BrN2/c1-3-5-11-6-7(9)8(4-2)10-11/h3-5H2,1-2H3. The van der Waals surface area contributed by atoms with Crippen LogP contribution < -0.4 is 0 Å². The van der Waals surface area contributed by atoms with Crippen molar-refractivity contribution >= 4 is 15.9 Å². The molecule has 0 saturated carbocycles. The van der Waals surface area contributed by atoms with E-state index in [4.69, 9.17) is 0 Å². The van der Waals surface area contributed by atoms with Gasteiger partial charge in [0.1, 0.15) is 6.20 Å². The number of hydrogen-bond donors (Lipinski definition) is 0. The zero-order chi connectivity index (χ0) is 8.27. The molecule has 0 atom stereocenters. The van der Waals surface area contributed by atoms with Gasteiger partial charge in [-0.1, -0.05) is 13.8 Å². The van der Waals surface area contributed by atoms with Crippen LogP contribution in [0.5, 0.6) is 0 Å². The largest absolute Gasteiger partial charge is 0.262 e. The molecule has 1 aromatic heterocycles. The van der Waals surface area contributed by atoms with E-state index in [1.807, 2.05) is 4.68 Å². The van der Waals surface area contributed by atoms with Crippen molar-refractivity contribution in [1.29, 1.82) is 0 Å². The van der Waals surface area contributed by atoms with Gasteiger partial charge in [-0.3, -0.25) is 4.68 Å². The molecule has 0 unspecified atom stereocenters. The maximum absolute atomic E-state index is 4.33. The lowest BCUT2D eigenvalue weighted by Gasteiger charge is -1.93. The van der Waals surface area contributed by atoms with Crippen LogP contribution in [0.3, 0.4) is 0 Å². The SMILES string of the molecule is CCCn1[c]c(Br)c(CC)n1. The Hall–Kier alpha value is -0.310. The van der Waals surface area contributed by atoms with Crippen LogP contribution in [0.25, 0.3) is 0 Å². The summed E-state index contributed by atoms with van der Waals surface area (Å²) in [4.78, 5) is 0. The molecule has 61 valence electrons. The van der Waals surface area contributed by atoms with E-state index in [9.17, 15) is 0 Å². The molecule has 1 rings (SSSR count). The van der Waals surface area contributed by atoms with Crippen molar-refractivity contribution < 1.29 is 0 Å². The first-order valence-corrected chi connectivity index (χ1v) is 4.71. The van der Waals surface area contributed by atoms with Crippen LogP contribution in [-0.4, -0.2) is 9.78 Å². The number of halogens is 1. The van der Waals surface area contributed by atoms with Gasteiger partial charge < -0.3 is 0 Å². The summed E-state index contributed by atoms with van der Waals surface area (Å²) in [6, 6.07) is 0. The fourth-order valence-corrected chi connectivity index (χ4v) is 1.50. The minimum absolute atomic E-state index is 0.957.